The van der Waals surface area contributed by atoms with Crippen LogP contribution in [0.2, 0.25) is 0 Å². The van der Waals surface area contributed by atoms with Gasteiger partial charge in [-0.3, -0.25) is 23.7 Å². The molecule has 2 saturated heterocycles. The highest BCUT2D eigenvalue weighted by atomic mass is 32.1. The van der Waals surface area contributed by atoms with E-state index in [0.29, 0.717) is 53.3 Å². The van der Waals surface area contributed by atoms with Gasteiger partial charge in [-0.25, -0.2) is 4.98 Å². The summed E-state index contributed by atoms with van der Waals surface area (Å²) in [4.78, 5) is 60.4. The predicted molar refractivity (Wildman–Crippen MR) is 129 cm³/mol. The van der Waals surface area contributed by atoms with Crippen molar-refractivity contribution in [2.45, 2.75) is 65.5 Å². The average Bonchev–Trinajstić information content (AvgIpc) is 3.17. The minimum absolute atomic E-state index is 0.0575. The Morgan fingerprint density at radius 3 is 2.71 bits per heavy atom. The zero-order chi connectivity index (χ0) is 24.4. The van der Waals surface area contributed by atoms with Crippen molar-refractivity contribution in [1.29, 1.82) is 0 Å². The number of rotatable bonds is 5. The SMILES string of the molecule is CCOC(=O)C1CCCN(C(=O)c2sc3ncn(CC(=O)N4CCCCC4C)c(=O)c3c2C)C1. The molecule has 2 aromatic heterocycles. The number of carbonyl (C=O) groups is 3. The number of nitrogens with zero attached hydrogens (tertiary/aromatic N) is 4. The lowest BCUT2D eigenvalue weighted by Crippen LogP contribution is -2.44. The molecule has 0 aromatic carbocycles. The summed E-state index contributed by atoms with van der Waals surface area (Å²) in [6.45, 7) is 7.39. The Hall–Kier alpha value is -2.75. The monoisotopic (exact) mass is 488 g/mol. The van der Waals surface area contributed by atoms with E-state index in [4.69, 9.17) is 4.74 Å². The Bertz CT molecular complexity index is 1160. The van der Waals surface area contributed by atoms with Gasteiger partial charge in [-0.05, 0) is 58.4 Å². The molecule has 0 aliphatic carbocycles. The number of fused-ring (bicyclic) bond motifs is 1. The van der Waals surface area contributed by atoms with Crippen molar-refractivity contribution < 1.29 is 19.1 Å². The molecule has 2 amide bonds. The van der Waals surface area contributed by atoms with Crippen LogP contribution in [0.15, 0.2) is 11.1 Å². The maximum atomic E-state index is 13.3. The van der Waals surface area contributed by atoms with Crippen molar-refractivity contribution in [2.24, 2.45) is 5.92 Å². The highest BCUT2D eigenvalue weighted by Gasteiger charge is 2.32. The molecule has 34 heavy (non-hydrogen) atoms. The fourth-order valence-electron chi connectivity index (χ4n) is 4.94. The zero-order valence-corrected chi connectivity index (χ0v) is 20.9. The van der Waals surface area contributed by atoms with Crippen LogP contribution >= 0.6 is 11.3 Å². The molecule has 2 aliphatic rings. The van der Waals surface area contributed by atoms with Crippen molar-refractivity contribution in [3.05, 3.63) is 27.1 Å². The number of aryl methyl sites for hydroxylation is 1. The van der Waals surface area contributed by atoms with Crippen molar-refractivity contribution in [3.8, 4) is 0 Å². The number of amides is 2. The second-order valence-electron chi connectivity index (χ2n) is 9.19. The smallest absolute Gasteiger partial charge is 0.310 e. The Balaban J connectivity index is 1.56. The van der Waals surface area contributed by atoms with Gasteiger partial charge in [-0.1, -0.05) is 0 Å². The van der Waals surface area contributed by atoms with Gasteiger partial charge in [-0.2, -0.15) is 0 Å². The van der Waals surface area contributed by atoms with Crippen molar-refractivity contribution in [1.82, 2.24) is 19.4 Å². The van der Waals surface area contributed by atoms with Crippen LogP contribution in [0.4, 0.5) is 0 Å². The number of thiophene rings is 1. The second kappa shape index (κ2) is 10.2. The number of ether oxygens (including phenoxy) is 1. The van der Waals surface area contributed by atoms with Crippen LogP contribution in [0.5, 0.6) is 0 Å². The van der Waals surface area contributed by atoms with E-state index in [-0.39, 0.29) is 41.8 Å². The molecule has 184 valence electrons. The minimum atomic E-state index is -0.328. The zero-order valence-electron chi connectivity index (χ0n) is 20.0. The molecule has 0 N–H and O–H groups in total. The van der Waals surface area contributed by atoms with Gasteiger partial charge in [0.05, 0.1) is 29.1 Å². The molecular weight excluding hydrogens is 456 g/mol. The topological polar surface area (TPSA) is 102 Å². The maximum absolute atomic E-state index is 13.3. The third-order valence-corrected chi connectivity index (χ3v) is 8.06. The second-order valence-corrected chi connectivity index (χ2v) is 10.2. The van der Waals surface area contributed by atoms with Gasteiger partial charge in [0.2, 0.25) is 5.91 Å². The molecule has 4 heterocycles. The summed E-state index contributed by atoms with van der Waals surface area (Å²) in [5, 5.41) is 0.384. The minimum Gasteiger partial charge on any atom is -0.466 e. The third-order valence-electron chi connectivity index (χ3n) is 6.87. The normalized spacial score (nSPS) is 21.0. The third kappa shape index (κ3) is 4.73. The number of piperidine rings is 2. The summed E-state index contributed by atoms with van der Waals surface area (Å²) in [5.74, 6) is -0.882. The predicted octanol–water partition coefficient (Wildman–Crippen LogP) is 2.58. The molecule has 0 bridgehead atoms. The Kier molecular flexibility index (Phi) is 7.35. The lowest BCUT2D eigenvalue weighted by atomic mass is 9.98. The summed E-state index contributed by atoms with van der Waals surface area (Å²) in [5.41, 5.74) is 0.271. The first-order valence-electron chi connectivity index (χ1n) is 12.1. The molecule has 2 atom stereocenters. The number of aromatic nitrogens is 2. The molecule has 9 nitrogen and oxygen atoms in total. The molecule has 0 radical (unpaired) electrons. The first-order chi connectivity index (χ1) is 16.3. The molecule has 2 fully saturated rings. The lowest BCUT2D eigenvalue weighted by Gasteiger charge is -2.33. The molecule has 2 aliphatic heterocycles. The Morgan fingerprint density at radius 1 is 1.18 bits per heavy atom. The van der Waals surface area contributed by atoms with Crippen LogP contribution in [-0.4, -0.2) is 69.4 Å². The van der Waals surface area contributed by atoms with Gasteiger partial charge < -0.3 is 14.5 Å². The van der Waals surface area contributed by atoms with Gasteiger partial charge in [-0.15, -0.1) is 11.3 Å². The first kappa shape index (κ1) is 24.4. The van der Waals surface area contributed by atoms with E-state index in [1.807, 2.05) is 11.8 Å². The van der Waals surface area contributed by atoms with Gasteiger partial charge in [0.15, 0.2) is 0 Å². The van der Waals surface area contributed by atoms with Gasteiger partial charge >= 0.3 is 5.97 Å². The molecule has 10 heteroatoms. The van der Waals surface area contributed by atoms with Crippen LogP contribution in [0.1, 0.15) is 61.2 Å². The van der Waals surface area contributed by atoms with E-state index in [1.165, 1.54) is 22.2 Å². The Labute approximate surface area is 202 Å². The van der Waals surface area contributed by atoms with Crippen LogP contribution in [-0.2, 0) is 20.9 Å². The number of hydrogen-bond acceptors (Lipinski definition) is 7. The Morgan fingerprint density at radius 2 is 1.97 bits per heavy atom. The van der Waals surface area contributed by atoms with Crippen molar-refractivity contribution in [3.63, 3.8) is 0 Å². The largest absolute Gasteiger partial charge is 0.466 e. The van der Waals surface area contributed by atoms with Crippen LogP contribution < -0.4 is 5.56 Å². The fourth-order valence-corrected chi connectivity index (χ4v) is 6.05. The molecular formula is C24H32N4O5S. The standard InChI is InChI=1S/C24H32N4O5S/c1-4-33-24(32)17-9-7-10-26(12-17)23(31)20-16(3)19-21(34-20)25-14-27(22(19)30)13-18(29)28-11-6-5-8-15(28)2/h14-15,17H,4-13H2,1-3H3. The summed E-state index contributed by atoms with van der Waals surface area (Å²) in [6.07, 6.45) is 5.89. The average molecular weight is 489 g/mol. The van der Waals surface area contributed by atoms with E-state index < -0.39 is 0 Å². The molecule has 2 aromatic rings. The molecule has 0 spiro atoms. The molecule has 2 unspecified atom stereocenters. The summed E-state index contributed by atoms with van der Waals surface area (Å²) in [7, 11) is 0. The van der Waals surface area contributed by atoms with E-state index in [1.54, 1.807) is 18.7 Å². The summed E-state index contributed by atoms with van der Waals surface area (Å²) < 4.78 is 6.48. The van der Waals surface area contributed by atoms with Crippen LogP contribution in [0.3, 0.4) is 0 Å². The van der Waals surface area contributed by atoms with Crippen molar-refractivity contribution in [2.75, 3.05) is 26.2 Å². The van der Waals surface area contributed by atoms with E-state index in [9.17, 15) is 19.2 Å². The van der Waals surface area contributed by atoms with Crippen molar-refractivity contribution >= 4 is 39.3 Å². The van der Waals surface area contributed by atoms with Gasteiger partial charge in [0, 0.05) is 25.7 Å². The quantitative estimate of drug-likeness (QED) is 0.600. The molecule has 0 saturated carbocycles. The number of hydrogen-bond donors (Lipinski definition) is 0. The number of likely N-dealkylation sites (tertiary alicyclic amines) is 2. The first-order valence-corrected chi connectivity index (χ1v) is 12.9. The highest BCUT2D eigenvalue weighted by Crippen LogP contribution is 2.30. The number of carbonyl (C=O) groups excluding carboxylic acids is 3. The molecule has 4 rings (SSSR count). The van der Waals surface area contributed by atoms with Crippen LogP contribution in [0.25, 0.3) is 10.2 Å². The van der Waals surface area contributed by atoms with E-state index in [0.717, 1.165) is 25.7 Å². The van der Waals surface area contributed by atoms with E-state index >= 15 is 0 Å². The van der Waals surface area contributed by atoms with Gasteiger partial charge in [0.1, 0.15) is 11.4 Å². The summed E-state index contributed by atoms with van der Waals surface area (Å²) >= 11 is 1.19. The maximum Gasteiger partial charge on any atom is 0.310 e. The van der Waals surface area contributed by atoms with Gasteiger partial charge in [0.25, 0.3) is 11.5 Å². The lowest BCUT2D eigenvalue weighted by molar-refractivity contribution is -0.149. The van der Waals surface area contributed by atoms with Crippen LogP contribution in [0, 0.1) is 12.8 Å². The highest BCUT2D eigenvalue weighted by molar-refractivity contribution is 7.20. The number of esters is 1. The summed E-state index contributed by atoms with van der Waals surface area (Å²) in [6, 6.07) is 0.170. The van der Waals surface area contributed by atoms with E-state index in [2.05, 4.69) is 4.98 Å². The fraction of sp³-hybridized carbons (Fsp3) is 0.625.